The molecule has 0 saturated carbocycles. The van der Waals surface area contributed by atoms with Gasteiger partial charge < -0.3 is 15.1 Å². The van der Waals surface area contributed by atoms with Crippen LogP contribution in [0.3, 0.4) is 0 Å². The van der Waals surface area contributed by atoms with Gasteiger partial charge in [0.25, 0.3) is 5.91 Å². The lowest BCUT2D eigenvalue weighted by molar-refractivity contribution is -0.124. The van der Waals surface area contributed by atoms with Gasteiger partial charge in [0.2, 0.25) is 0 Å². The number of amides is 1. The van der Waals surface area contributed by atoms with Crippen molar-refractivity contribution in [3.8, 4) is 11.8 Å². The fourth-order valence-electron chi connectivity index (χ4n) is 2.86. The minimum Gasteiger partial charge on any atom is -0.388 e. The van der Waals surface area contributed by atoms with Gasteiger partial charge in [0.05, 0.1) is 25.3 Å². The molecule has 158 valence electrons. The summed E-state index contributed by atoms with van der Waals surface area (Å²) in [6, 6.07) is 4.03. The molecule has 0 aliphatic carbocycles. The van der Waals surface area contributed by atoms with Gasteiger partial charge in [-0.15, -0.1) is 0 Å². The minimum absolute atomic E-state index is 0.0198. The first-order valence-electron chi connectivity index (χ1n) is 8.92. The van der Waals surface area contributed by atoms with Crippen LogP contribution in [0.4, 0.5) is 13.2 Å². The van der Waals surface area contributed by atoms with Crippen molar-refractivity contribution in [3.05, 3.63) is 65.3 Å². The highest BCUT2D eigenvalue weighted by Gasteiger charge is 2.33. The van der Waals surface area contributed by atoms with Crippen LogP contribution in [0.15, 0.2) is 48.6 Å². The normalized spacial score (nSPS) is 19.9. The fraction of sp³-hybridized carbons (Fsp3) is 0.273. The van der Waals surface area contributed by atoms with Crippen LogP contribution in [0, 0.1) is 11.8 Å². The zero-order valence-electron chi connectivity index (χ0n) is 16.1. The van der Waals surface area contributed by atoms with Crippen LogP contribution in [0.5, 0.6) is 0 Å². The van der Waals surface area contributed by atoms with Crippen molar-refractivity contribution in [2.24, 2.45) is 0 Å². The Balaban J connectivity index is 2.39. The second-order valence-electron chi connectivity index (χ2n) is 6.65. The summed E-state index contributed by atoms with van der Waals surface area (Å²) in [5.41, 5.74) is -0.746. The van der Waals surface area contributed by atoms with Gasteiger partial charge in [-0.1, -0.05) is 36.8 Å². The number of rotatable bonds is 4. The average molecular weight is 419 g/mol. The molecule has 1 aromatic rings. The smallest absolute Gasteiger partial charge is 0.388 e. The van der Waals surface area contributed by atoms with Crippen LogP contribution in [-0.2, 0) is 4.79 Å². The topological polar surface area (TPSA) is 77.8 Å². The van der Waals surface area contributed by atoms with Gasteiger partial charge in [-0.3, -0.25) is 9.59 Å². The summed E-state index contributed by atoms with van der Waals surface area (Å²) in [6.07, 6.45) is -2.37. The van der Waals surface area contributed by atoms with E-state index >= 15 is 0 Å². The van der Waals surface area contributed by atoms with Gasteiger partial charge >= 0.3 is 6.18 Å². The molecule has 0 bridgehead atoms. The predicted octanol–water partition coefficient (Wildman–Crippen LogP) is 2.49. The lowest BCUT2D eigenvalue weighted by Crippen LogP contribution is -2.28. The van der Waals surface area contributed by atoms with Crippen LogP contribution >= 0.6 is 0 Å². The van der Waals surface area contributed by atoms with Crippen LogP contribution in [0.1, 0.15) is 28.4 Å². The van der Waals surface area contributed by atoms with Crippen molar-refractivity contribution < 1.29 is 33.0 Å². The maximum Gasteiger partial charge on any atom is 0.413 e. The highest BCUT2D eigenvalue weighted by atomic mass is 19.4. The third kappa shape index (κ3) is 5.47. The molecule has 0 radical (unpaired) electrons. The molecule has 1 aromatic carbocycles. The molecule has 0 spiro atoms. The average Bonchev–Trinajstić information content (AvgIpc) is 3.04. The molecule has 5 nitrogen and oxygen atoms in total. The van der Waals surface area contributed by atoms with Crippen molar-refractivity contribution in [1.29, 1.82) is 0 Å². The van der Waals surface area contributed by atoms with Crippen LogP contribution in [0.25, 0.3) is 5.57 Å². The Morgan fingerprint density at radius 2 is 1.90 bits per heavy atom. The second-order valence-corrected chi connectivity index (χ2v) is 6.65. The van der Waals surface area contributed by atoms with E-state index in [1.807, 2.05) is 0 Å². The first-order valence-corrected chi connectivity index (χ1v) is 8.92. The standard InChI is InChI=1S/C22H20F3NO4/c1-3-4-5-17(14(2)22(23,24)25)18-8-6-15(10-16(18)13-27)7-9-21(30)26-11-19(28)20(29)12-26/h3-6,8,10,13,19-20,28-29H,1,11-12H2,2H3/b5-4-,17-14-/t19-,20+. The molecule has 0 aromatic heterocycles. The van der Waals surface area contributed by atoms with Crippen molar-refractivity contribution >= 4 is 17.8 Å². The van der Waals surface area contributed by atoms with Crippen LogP contribution in [-0.4, -0.2) is 58.8 Å². The molecule has 2 atom stereocenters. The van der Waals surface area contributed by atoms with E-state index in [9.17, 15) is 33.0 Å². The van der Waals surface area contributed by atoms with E-state index in [1.54, 1.807) is 0 Å². The summed E-state index contributed by atoms with van der Waals surface area (Å²) in [6.45, 7) is 4.27. The van der Waals surface area contributed by atoms with E-state index in [2.05, 4.69) is 18.4 Å². The summed E-state index contributed by atoms with van der Waals surface area (Å²) in [5, 5.41) is 19.0. The Morgan fingerprint density at radius 3 is 2.43 bits per heavy atom. The minimum atomic E-state index is -4.59. The van der Waals surface area contributed by atoms with Gasteiger partial charge in [0, 0.05) is 22.6 Å². The summed E-state index contributed by atoms with van der Waals surface area (Å²) < 4.78 is 39.7. The SMILES string of the molecule is C=C/C=C\C(=C(/C)C(F)(F)F)c1ccc(C#CC(=O)N2C[C@@H](O)[C@@H](O)C2)cc1C=O. The molecule has 0 unspecified atom stereocenters. The zero-order valence-corrected chi connectivity index (χ0v) is 16.1. The fourth-order valence-corrected chi connectivity index (χ4v) is 2.86. The molecule has 1 amide bonds. The van der Waals surface area contributed by atoms with E-state index in [0.717, 1.165) is 6.92 Å². The molecule has 1 aliphatic heterocycles. The summed E-state index contributed by atoms with van der Waals surface area (Å²) >= 11 is 0. The number of halogens is 3. The predicted molar refractivity (Wildman–Crippen MR) is 105 cm³/mol. The summed E-state index contributed by atoms with van der Waals surface area (Å²) in [7, 11) is 0. The molecule has 30 heavy (non-hydrogen) atoms. The summed E-state index contributed by atoms with van der Waals surface area (Å²) in [5.74, 6) is 4.28. The molecule has 1 aliphatic rings. The number of alkyl halides is 3. The number of carbonyl (C=O) groups excluding carboxylic acids is 2. The maximum atomic E-state index is 13.2. The molecule has 2 rings (SSSR count). The number of nitrogens with zero attached hydrogens (tertiary/aromatic N) is 1. The number of allylic oxidation sites excluding steroid dienone is 5. The van der Waals surface area contributed by atoms with Gasteiger partial charge in [-0.05, 0) is 30.2 Å². The van der Waals surface area contributed by atoms with E-state index in [4.69, 9.17) is 0 Å². The molecule has 8 heteroatoms. The molecule has 1 fully saturated rings. The quantitative estimate of drug-likeness (QED) is 0.447. The van der Waals surface area contributed by atoms with E-state index in [1.165, 1.54) is 41.3 Å². The highest BCUT2D eigenvalue weighted by Crippen LogP contribution is 2.34. The molecule has 2 N–H and O–H groups in total. The summed E-state index contributed by atoms with van der Waals surface area (Å²) in [4.78, 5) is 24.8. The number of β-amino-alcohol motifs (C(OH)–C–C–N with tert-alkyl or cyclic N) is 2. The third-order valence-electron chi connectivity index (χ3n) is 4.56. The first-order chi connectivity index (χ1) is 14.1. The number of aliphatic hydroxyl groups excluding tert-OH is 2. The molecule has 1 heterocycles. The molecule has 1 saturated heterocycles. The van der Waals surface area contributed by atoms with Gasteiger partial charge in [-0.25, -0.2) is 0 Å². The Morgan fingerprint density at radius 1 is 1.27 bits per heavy atom. The number of likely N-dealkylation sites (tertiary alicyclic amines) is 1. The maximum absolute atomic E-state index is 13.2. The van der Waals surface area contributed by atoms with E-state index in [0.29, 0.717) is 6.29 Å². The monoisotopic (exact) mass is 419 g/mol. The van der Waals surface area contributed by atoms with E-state index < -0.39 is 29.9 Å². The van der Waals surface area contributed by atoms with Gasteiger partial charge in [0.15, 0.2) is 6.29 Å². The lowest BCUT2D eigenvalue weighted by Gasteiger charge is -2.14. The number of aldehydes is 1. The second kappa shape index (κ2) is 9.57. The lowest BCUT2D eigenvalue weighted by atomic mass is 9.94. The van der Waals surface area contributed by atoms with Gasteiger partial charge in [0.1, 0.15) is 0 Å². The highest BCUT2D eigenvalue weighted by molar-refractivity contribution is 5.95. The van der Waals surface area contributed by atoms with Crippen molar-refractivity contribution in [3.63, 3.8) is 0 Å². The zero-order chi connectivity index (χ0) is 22.5. The first kappa shape index (κ1) is 23.1. The number of benzene rings is 1. The van der Waals surface area contributed by atoms with Crippen LogP contribution in [0.2, 0.25) is 0 Å². The number of hydrogen-bond donors (Lipinski definition) is 2. The van der Waals surface area contributed by atoms with Crippen molar-refractivity contribution in [1.82, 2.24) is 4.90 Å². The Labute approximate surface area is 171 Å². The van der Waals surface area contributed by atoms with Crippen molar-refractivity contribution in [2.45, 2.75) is 25.3 Å². The number of aliphatic hydroxyl groups is 2. The van der Waals surface area contributed by atoms with Gasteiger partial charge in [-0.2, -0.15) is 13.2 Å². The number of hydrogen-bond acceptors (Lipinski definition) is 4. The number of carbonyl (C=O) groups is 2. The molecular weight excluding hydrogens is 399 g/mol. The van der Waals surface area contributed by atoms with Crippen molar-refractivity contribution in [2.75, 3.05) is 13.1 Å². The third-order valence-corrected chi connectivity index (χ3v) is 4.56. The molecular formula is C22H20F3NO4. The Bertz CT molecular complexity index is 957. The largest absolute Gasteiger partial charge is 0.413 e. The Hall–Kier alpha value is -3.15. The van der Waals surface area contributed by atoms with Crippen LogP contribution < -0.4 is 0 Å². The Kier molecular flexibility index (Phi) is 7.38. The van der Waals surface area contributed by atoms with E-state index in [-0.39, 0.29) is 35.4 Å².